The van der Waals surface area contributed by atoms with Crippen molar-refractivity contribution in [3.8, 4) is 0 Å². The molecule has 2 aromatic heterocycles. The molecule has 0 radical (unpaired) electrons. The number of aromatic nitrogens is 2. The Kier molecular flexibility index (Phi) is 6.42. The molecule has 2 aliphatic rings. The summed E-state index contributed by atoms with van der Waals surface area (Å²) in [6.07, 6.45) is 6.70. The van der Waals surface area contributed by atoms with Gasteiger partial charge >= 0.3 is 5.97 Å². The van der Waals surface area contributed by atoms with Gasteiger partial charge in [-0.05, 0) is 23.3 Å². The minimum absolute atomic E-state index is 0.0994. The number of carboxylic acid groups (broad SMARTS) is 1. The fourth-order valence-electron chi connectivity index (χ4n) is 3.34. The number of carbonyl (C=O) groups is 3. The van der Waals surface area contributed by atoms with Crippen molar-refractivity contribution in [1.29, 1.82) is 0 Å². The minimum Gasteiger partial charge on any atom is -0.477 e. The molecule has 11 nitrogen and oxygen atoms in total. The molecular formula is C20H18N6O5S2. The maximum Gasteiger partial charge on any atom is 0.352 e. The van der Waals surface area contributed by atoms with Gasteiger partial charge in [-0.2, -0.15) is 0 Å². The maximum absolute atomic E-state index is 12.9. The molecule has 0 aromatic carbocycles. The molecule has 0 unspecified atom stereocenters. The van der Waals surface area contributed by atoms with Gasteiger partial charge in [0.15, 0.2) is 10.8 Å². The zero-order valence-electron chi connectivity index (χ0n) is 17.2. The summed E-state index contributed by atoms with van der Waals surface area (Å²) in [6.45, 7) is 0. The fourth-order valence-corrected chi connectivity index (χ4v) is 5.21. The highest BCUT2D eigenvalue weighted by atomic mass is 32.2. The van der Waals surface area contributed by atoms with Gasteiger partial charge in [0.2, 0.25) is 0 Å². The molecule has 0 saturated carbocycles. The SMILES string of the molecule is CON=C(C(=O)N[C@@H]1C(=O)N2C(C(=O)O)=C(/C=C/c3ccncc3)CS[C@H]12)c1csc(N)n1. The Morgan fingerprint density at radius 3 is 2.76 bits per heavy atom. The van der Waals surface area contributed by atoms with Gasteiger partial charge in [0.05, 0.1) is 0 Å². The summed E-state index contributed by atoms with van der Waals surface area (Å²) >= 11 is 2.49. The van der Waals surface area contributed by atoms with Crippen molar-refractivity contribution in [3.05, 3.63) is 58.5 Å². The molecule has 2 aliphatic heterocycles. The number of anilines is 1. The maximum atomic E-state index is 12.9. The molecule has 4 heterocycles. The van der Waals surface area contributed by atoms with Crippen LogP contribution in [0.15, 0.2) is 52.4 Å². The molecule has 0 spiro atoms. The number of thiazole rings is 1. The van der Waals surface area contributed by atoms with E-state index in [-0.39, 0.29) is 22.2 Å². The molecule has 2 atom stereocenters. The molecule has 2 amide bonds. The Labute approximate surface area is 196 Å². The van der Waals surface area contributed by atoms with Crippen LogP contribution in [0.1, 0.15) is 11.3 Å². The number of fused-ring (bicyclic) bond motifs is 1. The summed E-state index contributed by atoms with van der Waals surface area (Å²) in [5, 5.41) is 17.3. The quantitative estimate of drug-likeness (QED) is 0.294. The highest BCUT2D eigenvalue weighted by Crippen LogP contribution is 2.40. The fraction of sp³-hybridized carbons (Fsp3) is 0.200. The number of oxime groups is 1. The molecule has 1 saturated heterocycles. The molecule has 2 aromatic rings. The third-order valence-corrected chi connectivity index (χ3v) is 6.81. The Bertz CT molecular complexity index is 1190. The number of allylic oxidation sites excluding steroid dienone is 1. The number of hydrogen-bond donors (Lipinski definition) is 3. The third kappa shape index (κ3) is 4.45. The lowest BCUT2D eigenvalue weighted by atomic mass is 10.0. The van der Waals surface area contributed by atoms with E-state index in [9.17, 15) is 19.5 Å². The Morgan fingerprint density at radius 1 is 1.36 bits per heavy atom. The van der Waals surface area contributed by atoms with E-state index in [1.165, 1.54) is 23.8 Å². The van der Waals surface area contributed by atoms with Crippen LogP contribution in [0.3, 0.4) is 0 Å². The summed E-state index contributed by atoms with van der Waals surface area (Å²) in [6, 6.07) is 2.65. The lowest BCUT2D eigenvalue weighted by molar-refractivity contribution is -0.150. The zero-order chi connectivity index (χ0) is 23.5. The van der Waals surface area contributed by atoms with Gasteiger partial charge in [-0.3, -0.25) is 19.5 Å². The number of amides is 2. The molecule has 33 heavy (non-hydrogen) atoms. The summed E-state index contributed by atoms with van der Waals surface area (Å²) in [4.78, 5) is 51.5. The van der Waals surface area contributed by atoms with Crippen LogP contribution in [-0.4, -0.2) is 67.7 Å². The Morgan fingerprint density at radius 2 is 2.12 bits per heavy atom. The number of nitrogens with one attached hydrogen (secondary N) is 1. The Balaban J connectivity index is 1.53. The highest BCUT2D eigenvalue weighted by molar-refractivity contribution is 8.00. The number of hydrogen-bond acceptors (Lipinski definition) is 10. The van der Waals surface area contributed by atoms with E-state index < -0.39 is 29.2 Å². The molecule has 4 rings (SSSR count). The van der Waals surface area contributed by atoms with Crippen LogP contribution in [0.5, 0.6) is 0 Å². The lowest BCUT2D eigenvalue weighted by Crippen LogP contribution is -2.71. The average Bonchev–Trinajstić information content (AvgIpc) is 3.25. The van der Waals surface area contributed by atoms with Crippen LogP contribution >= 0.6 is 23.1 Å². The number of nitrogens with zero attached hydrogens (tertiary/aromatic N) is 4. The molecular weight excluding hydrogens is 468 g/mol. The second-order valence-corrected chi connectivity index (χ2v) is 8.84. The zero-order valence-corrected chi connectivity index (χ0v) is 18.8. The van der Waals surface area contributed by atoms with Crippen molar-refractivity contribution in [2.24, 2.45) is 5.16 Å². The summed E-state index contributed by atoms with van der Waals surface area (Å²) in [5.41, 5.74) is 6.96. The second kappa shape index (κ2) is 9.42. The van der Waals surface area contributed by atoms with Crippen molar-refractivity contribution in [2.45, 2.75) is 11.4 Å². The number of carboxylic acids is 1. The van der Waals surface area contributed by atoms with Gasteiger partial charge in [-0.25, -0.2) is 9.78 Å². The normalized spacial score (nSPS) is 20.5. The van der Waals surface area contributed by atoms with Crippen molar-refractivity contribution >= 4 is 57.8 Å². The first-order chi connectivity index (χ1) is 15.9. The predicted octanol–water partition coefficient (Wildman–Crippen LogP) is 0.923. The number of aliphatic carboxylic acids is 1. The van der Waals surface area contributed by atoms with Crippen LogP contribution in [0.2, 0.25) is 0 Å². The largest absolute Gasteiger partial charge is 0.477 e. The van der Waals surface area contributed by atoms with Crippen LogP contribution in [0.4, 0.5) is 5.13 Å². The van der Waals surface area contributed by atoms with E-state index in [1.54, 1.807) is 42.1 Å². The summed E-state index contributed by atoms with van der Waals surface area (Å²) < 4.78 is 0. The van der Waals surface area contributed by atoms with Gasteiger partial charge < -0.3 is 21.0 Å². The van der Waals surface area contributed by atoms with Crippen molar-refractivity contribution < 1.29 is 24.3 Å². The summed E-state index contributed by atoms with van der Waals surface area (Å²) in [7, 11) is 1.28. The van der Waals surface area contributed by atoms with E-state index in [1.807, 2.05) is 0 Å². The minimum atomic E-state index is -1.22. The van der Waals surface area contributed by atoms with Crippen LogP contribution in [-0.2, 0) is 19.2 Å². The molecule has 0 bridgehead atoms. The van der Waals surface area contributed by atoms with E-state index in [2.05, 4.69) is 20.4 Å². The highest BCUT2D eigenvalue weighted by Gasteiger charge is 2.54. The number of nitrogens with two attached hydrogens (primary N) is 1. The van der Waals surface area contributed by atoms with E-state index in [4.69, 9.17) is 10.6 Å². The van der Waals surface area contributed by atoms with Crippen molar-refractivity contribution in [3.63, 3.8) is 0 Å². The van der Waals surface area contributed by atoms with Gasteiger partial charge in [-0.1, -0.05) is 17.3 Å². The van der Waals surface area contributed by atoms with Gasteiger partial charge in [0.25, 0.3) is 11.8 Å². The number of carbonyl (C=O) groups excluding carboxylic acids is 2. The van der Waals surface area contributed by atoms with Gasteiger partial charge in [0.1, 0.15) is 29.9 Å². The predicted molar refractivity (Wildman–Crippen MR) is 123 cm³/mol. The lowest BCUT2D eigenvalue weighted by Gasteiger charge is -2.49. The second-order valence-electron chi connectivity index (χ2n) is 6.85. The first-order valence-corrected chi connectivity index (χ1v) is 11.5. The van der Waals surface area contributed by atoms with Crippen molar-refractivity contribution in [2.75, 3.05) is 18.6 Å². The average molecular weight is 487 g/mol. The first kappa shape index (κ1) is 22.5. The number of thioether (sulfide) groups is 1. The topological polar surface area (TPSA) is 160 Å². The van der Waals surface area contributed by atoms with Crippen LogP contribution in [0.25, 0.3) is 6.08 Å². The molecule has 170 valence electrons. The molecule has 0 aliphatic carbocycles. The van der Waals surface area contributed by atoms with Crippen LogP contribution < -0.4 is 11.1 Å². The van der Waals surface area contributed by atoms with Gasteiger partial charge in [-0.15, -0.1) is 23.1 Å². The van der Waals surface area contributed by atoms with E-state index in [0.29, 0.717) is 11.3 Å². The number of nitrogen functional groups attached to an aromatic ring is 1. The van der Waals surface area contributed by atoms with Crippen LogP contribution in [0, 0.1) is 0 Å². The van der Waals surface area contributed by atoms with E-state index >= 15 is 0 Å². The third-order valence-electron chi connectivity index (χ3n) is 4.83. The first-order valence-electron chi connectivity index (χ1n) is 9.53. The number of rotatable bonds is 7. The van der Waals surface area contributed by atoms with Gasteiger partial charge in [0, 0.05) is 23.5 Å². The van der Waals surface area contributed by atoms with E-state index in [0.717, 1.165) is 16.9 Å². The number of pyridine rings is 1. The number of β-lactam (4-membered cyclic amide) rings is 1. The molecule has 13 heteroatoms. The Hall–Kier alpha value is -3.71. The monoisotopic (exact) mass is 486 g/mol. The molecule has 1 fully saturated rings. The smallest absolute Gasteiger partial charge is 0.352 e. The molecule has 4 N–H and O–H groups in total. The summed E-state index contributed by atoms with van der Waals surface area (Å²) in [5.74, 6) is -2.06. The standard InChI is InChI=1S/C20H18N6O5S2/c1-31-25-13(12-9-33-20(21)23-12)16(27)24-14-17(28)26-15(19(29)30)11(8-32-18(14)26)3-2-10-4-6-22-7-5-10/h2-7,9,14,18H,8H2,1H3,(H2,21,23)(H,24,27)(H,29,30)/b3-2+,25-13?/t14-,18-/m1/s1. The van der Waals surface area contributed by atoms with Crippen molar-refractivity contribution in [1.82, 2.24) is 20.2 Å².